The normalized spacial score (nSPS) is 15.5. The topological polar surface area (TPSA) is 93.4 Å². The molecule has 4 rings (SSSR count). The van der Waals surface area contributed by atoms with Crippen LogP contribution in [0.2, 0.25) is 0 Å². The number of aromatic hydroxyl groups is 1. The minimum Gasteiger partial charge on any atom is -0.504 e. The summed E-state index contributed by atoms with van der Waals surface area (Å²) in [5.74, 6) is -0.294. The van der Waals surface area contributed by atoms with Gasteiger partial charge in [0.2, 0.25) is 0 Å². The number of anilines is 1. The molecule has 1 aliphatic heterocycles. The second-order valence-corrected chi connectivity index (χ2v) is 9.21. The lowest BCUT2D eigenvalue weighted by atomic mass is 9.96. The summed E-state index contributed by atoms with van der Waals surface area (Å²) < 4.78 is 12.5. The Hall–Kier alpha value is -3.85. The first kappa shape index (κ1) is 24.3. The Balaban J connectivity index is 1.90. The second-order valence-electron chi connectivity index (χ2n) is 8.20. The number of ether oxygens (including phenoxy) is 2. The van der Waals surface area contributed by atoms with E-state index >= 15 is 0 Å². The highest BCUT2D eigenvalue weighted by atomic mass is 32.1. The molecule has 0 saturated heterocycles. The third-order valence-corrected chi connectivity index (χ3v) is 6.75. The number of esters is 1. The predicted octanol–water partition coefficient (Wildman–Crippen LogP) is 2.69. The first-order valence-corrected chi connectivity index (χ1v) is 11.9. The fourth-order valence-corrected chi connectivity index (χ4v) is 4.98. The Morgan fingerprint density at radius 3 is 2.57 bits per heavy atom. The minimum absolute atomic E-state index is 0.0179. The van der Waals surface area contributed by atoms with Crippen LogP contribution in [0.3, 0.4) is 0 Å². The number of hydrogen-bond donors (Lipinski definition) is 1. The van der Waals surface area contributed by atoms with Crippen LogP contribution in [0.5, 0.6) is 11.5 Å². The Morgan fingerprint density at radius 2 is 1.94 bits per heavy atom. The lowest BCUT2D eigenvalue weighted by molar-refractivity contribution is -0.138. The summed E-state index contributed by atoms with van der Waals surface area (Å²) >= 11 is 1.26. The molecule has 0 amide bonds. The van der Waals surface area contributed by atoms with Gasteiger partial charge in [-0.2, -0.15) is 0 Å². The van der Waals surface area contributed by atoms with Crippen LogP contribution in [0.4, 0.5) is 5.69 Å². The van der Waals surface area contributed by atoms with Gasteiger partial charge in [0, 0.05) is 25.5 Å². The number of aromatic nitrogens is 1. The molecule has 0 fully saturated rings. The number of phenolic OH excluding ortho intramolecular Hbond substituents is 1. The molecule has 35 heavy (non-hydrogen) atoms. The molecule has 182 valence electrons. The van der Waals surface area contributed by atoms with E-state index in [1.54, 1.807) is 26.0 Å². The maximum absolute atomic E-state index is 13.4. The van der Waals surface area contributed by atoms with Crippen molar-refractivity contribution in [1.82, 2.24) is 4.57 Å². The van der Waals surface area contributed by atoms with Gasteiger partial charge in [0.05, 0.1) is 23.8 Å². The van der Waals surface area contributed by atoms with Crippen molar-refractivity contribution in [2.45, 2.75) is 19.9 Å². The van der Waals surface area contributed by atoms with E-state index in [0.717, 1.165) is 11.3 Å². The van der Waals surface area contributed by atoms with Crippen molar-refractivity contribution in [1.29, 1.82) is 0 Å². The molecular formula is C26H27N3O5S. The number of allylic oxidation sites excluding steroid dienone is 1. The van der Waals surface area contributed by atoms with Crippen LogP contribution in [0.25, 0.3) is 11.8 Å². The van der Waals surface area contributed by atoms with E-state index < -0.39 is 12.0 Å². The highest BCUT2D eigenvalue weighted by Gasteiger charge is 2.31. The number of carbonyl (C=O) groups is 1. The van der Waals surface area contributed by atoms with E-state index in [0.29, 0.717) is 20.6 Å². The third kappa shape index (κ3) is 4.59. The standard InChI is InChI=1S/C26H27N3O5S/c1-6-34-25(32)22-15(2)29-24(31)21(13-16-7-10-18(11-8-16)28(3)4)35-26(29)27-23(22)17-9-12-19(30)20(14-17)33-5/h7-14,23,30H,6H2,1-5H3/b21-13+/t23-/m0/s1. The quantitative estimate of drug-likeness (QED) is 0.531. The maximum atomic E-state index is 13.4. The van der Waals surface area contributed by atoms with E-state index in [9.17, 15) is 14.7 Å². The summed E-state index contributed by atoms with van der Waals surface area (Å²) in [6, 6.07) is 12.0. The summed E-state index contributed by atoms with van der Waals surface area (Å²) in [6.07, 6.45) is 1.82. The van der Waals surface area contributed by atoms with E-state index in [2.05, 4.69) is 0 Å². The molecule has 9 heteroatoms. The van der Waals surface area contributed by atoms with Crippen molar-refractivity contribution in [3.05, 3.63) is 78.9 Å². The summed E-state index contributed by atoms with van der Waals surface area (Å²) in [4.78, 5) is 33.6. The SMILES string of the molecule is CCOC(=O)C1=C(C)n2c(s/c(=C/c3ccc(N(C)C)cc3)c2=O)=N[C@H]1c1ccc(O)c(OC)c1. The van der Waals surface area contributed by atoms with Gasteiger partial charge in [0.15, 0.2) is 16.3 Å². The molecule has 0 spiro atoms. The number of carbonyl (C=O) groups excluding carboxylic acids is 1. The van der Waals surface area contributed by atoms with Gasteiger partial charge in [0.25, 0.3) is 5.56 Å². The van der Waals surface area contributed by atoms with E-state index in [-0.39, 0.29) is 29.2 Å². The molecule has 1 N–H and O–H groups in total. The smallest absolute Gasteiger partial charge is 0.338 e. The molecule has 1 aromatic heterocycles. The van der Waals surface area contributed by atoms with Crippen LogP contribution in [0, 0.1) is 0 Å². The number of rotatable bonds is 6. The zero-order valence-corrected chi connectivity index (χ0v) is 21.0. The number of fused-ring (bicyclic) bond motifs is 1. The van der Waals surface area contributed by atoms with Gasteiger partial charge in [-0.1, -0.05) is 29.5 Å². The summed E-state index contributed by atoms with van der Waals surface area (Å²) in [6.45, 7) is 3.64. The highest BCUT2D eigenvalue weighted by Crippen LogP contribution is 2.36. The molecule has 0 unspecified atom stereocenters. The third-order valence-electron chi connectivity index (χ3n) is 5.77. The Morgan fingerprint density at radius 1 is 1.23 bits per heavy atom. The van der Waals surface area contributed by atoms with Crippen LogP contribution in [0.15, 0.2) is 57.8 Å². The largest absolute Gasteiger partial charge is 0.504 e. The van der Waals surface area contributed by atoms with Crippen molar-refractivity contribution in [3.63, 3.8) is 0 Å². The first-order chi connectivity index (χ1) is 16.7. The van der Waals surface area contributed by atoms with Gasteiger partial charge >= 0.3 is 5.97 Å². The predicted molar refractivity (Wildman–Crippen MR) is 137 cm³/mol. The summed E-state index contributed by atoms with van der Waals surface area (Å²) in [5, 5.41) is 10.0. The Kier molecular flexibility index (Phi) is 6.79. The van der Waals surface area contributed by atoms with E-state index in [4.69, 9.17) is 14.5 Å². The van der Waals surface area contributed by atoms with Crippen LogP contribution in [0.1, 0.15) is 31.0 Å². The Bertz CT molecular complexity index is 1480. The number of methoxy groups -OCH3 is 1. The maximum Gasteiger partial charge on any atom is 0.338 e. The van der Waals surface area contributed by atoms with Crippen molar-refractivity contribution in [2.75, 3.05) is 32.7 Å². The number of nitrogens with zero attached hydrogens (tertiary/aromatic N) is 3. The summed E-state index contributed by atoms with van der Waals surface area (Å²) in [7, 11) is 5.39. The molecule has 0 saturated carbocycles. The number of benzene rings is 2. The first-order valence-electron chi connectivity index (χ1n) is 11.1. The van der Waals surface area contributed by atoms with Crippen LogP contribution in [-0.2, 0) is 9.53 Å². The van der Waals surface area contributed by atoms with Crippen molar-refractivity contribution in [2.24, 2.45) is 4.99 Å². The average molecular weight is 494 g/mol. The monoisotopic (exact) mass is 493 g/mol. The average Bonchev–Trinajstić information content (AvgIpc) is 3.14. The van der Waals surface area contributed by atoms with Crippen molar-refractivity contribution in [3.8, 4) is 11.5 Å². The van der Waals surface area contributed by atoms with E-state index in [1.807, 2.05) is 49.3 Å². The fourth-order valence-electron chi connectivity index (χ4n) is 3.94. The van der Waals surface area contributed by atoms with Crippen molar-refractivity contribution >= 4 is 34.8 Å². The number of hydrogen-bond acceptors (Lipinski definition) is 8. The van der Waals surface area contributed by atoms with Gasteiger partial charge in [-0.05, 0) is 55.3 Å². The fraction of sp³-hybridized carbons (Fsp3) is 0.269. The number of thiazole rings is 1. The van der Waals surface area contributed by atoms with Gasteiger partial charge in [-0.3, -0.25) is 9.36 Å². The summed E-state index contributed by atoms with van der Waals surface area (Å²) in [5.41, 5.74) is 3.08. The van der Waals surface area contributed by atoms with E-state index in [1.165, 1.54) is 29.1 Å². The molecule has 1 atom stereocenters. The molecule has 0 radical (unpaired) electrons. The minimum atomic E-state index is -0.714. The van der Waals surface area contributed by atoms with Crippen LogP contribution < -0.4 is 24.5 Å². The van der Waals surface area contributed by atoms with Crippen molar-refractivity contribution < 1.29 is 19.4 Å². The molecule has 1 aliphatic rings. The lowest BCUT2D eigenvalue weighted by Crippen LogP contribution is -2.35. The molecule has 8 nitrogen and oxygen atoms in total. The van der Waals surface area contributed by atoms with Gasteiger partial charge in [-0.15, -0.1) is 0 Å². The molecular weight excluding hydrogens is 466 g/mol. The zero-order valence-electron chi connectivity index (χ0n) is 20.2. The number of phenols is 1. The molecule has 2 aromatic carbocycles. The Labute approximate surface area is 206 Å². The van der Waals surface area contributed by atoms with Gasteiger partial charge < -0.3 is 19.5 Å². The highest BCUT2D eigenvalue weighted by molar-refractivity contribution is 7.07. The second kappa shape index (κ2) is 9.79. The molecule has 0 aliphatic carbocycles. The van der Waals surface area contributed by atoms with Crippen LogP contribution >= 0.6 is 11.3 Å². The lowest BCUT2D eigenvalue weighted by Gasteiger charge is -2.22. The van der Waals surface area contributed by atoms with Gasteiger partial charge in [-0.25, -0.2) is 9.79 Å². The zero-order chi connectivity index (χ0) is 25.3. The molecule has 0 bridgehead atoms. The van der Waals surface area contributed by atoms with Crippen LogP contribution in [-0.4, -0.2) is 43.5 Å². The van der Waals surface area contributed by atoms with Gasteiger partial charge in [0.1, 0.15) is 6.04 Å². The molecule has 2 heterocycles. The molecule has 3 aromatic rings.